The van der Waals surface area contributed by atoms with Gasteiger partial charge in [-0.05, 0) is 43.5 Å². The number of benzene rings is 2. The summed E-state index contributed by atoms with van der Waals surface area (Å²) in [6.07, 6.45) is 1.88. The second-order valence-corrected chi connectivity index (χ2v) is 7.54. The van der Waals surface area contributed by atoms with Gasteiger partial charge in [-0.25, -0.2) is 0 Å². The third-order valence-electron chi connectivity index (χ3n) is 5.12. The van der Waals surface area contributed by atoms with Crippen molar-refractivity contribution in [2.24, 2.45) is 0 Å². The van der Waals surface area contributed by atoms with E-state index in [1.165, 1.54) is 5.56 Å². The minimum atomic E-state index is 0.0194. The van der Waals surface area contributed by atoms with Crippen molar-refractivity contribution in [2.45, 2.75) is 32.4 Å². The Kier molecular flexibility index (Phi) is 6.89. The van der Waals surface area contributed by atoms with E-state index in [-0.39, 0.29) is 18.6 Å². The molecule has 0 aliphatic carbocycles. The molecule has 0 saturated carbocycles. The van der Waals surface area contributed by atoms with Crippen LogP contribution in [0.2, 0.25) is 5.02 Å². The minimum absolute atomic E-state index is 0.0194. The number of anilines is 1. The molecule has 144 valence electrons. The molecule has 2 aromatic rings. The van der Waals surface area contributed by atoms with Crippen LogP contribution in [-0.4, -0.2) is 43.7 Å². The largest absolute Gasteiger partial charge is 0.375 e. The first-order chi connectivity index (χ1) is 13.1. The fourth-order valence-corrected chi connectivity index (χ4v) is 3.86. The average Bonchev–Trinajstić information content (AvgIpc) is 2.67. The molecule has 0 spiro atoms. The molecule has 0 radical (unpaired) electrons. The van der Waals surface area contributed by atoms with Crippen LogP contribution < -0.4 is 4.90 Å². The van der Waals surface area contributed by atoms with E-state index in [0.717, 1.165) is 48.7 Å². The molecule has 5 heteroatoms. The molecule has 1 aliphatic rings. The number of carbonyl (C=O) groups excluding carboxylic acids is 1. The maximum atomic E-state index is 12.7. The third kappa shape index (κ3) is 5.10. The summed E-state index contributed by atoms with van der Waals surface area (Å²) >= 11 is 6.30. The van der Waals surface area contributed by atoms with Gasteiger partial charge in [0, 0.05) is 43.5 Å². The number of ether oxygens (including phenoxy) is 1. The first-order valence-electron chi connectivity index (χ1n) is 9.42. The van der Waals surface area contributed by atoms with Gasteiger partial charge in [-0.2, -0.15) is 0 Å². The summed E-state index contributed by atoms with van der Waals surface area (Å²) < 4.78 is 5.12. The highest BCUT2D eigenvalue weighted by Crippen LogP contribution is 2.26. The summed E-state index contributed by atoms with van der Waals surface area (Å²) in [5.41, 5.74) is 3.29. The number of carbonyl (C=O) groups is 1. The van der Waals surface area contributed by atoms with Gasteiger partial charge in [0.15, 0.2) is 0 Å². The van der Waals surface area contributed by atoms with E-state index in [4.69, 9.17) is 16.3 Å². The lowest BCUT2D eigenvalue weighted by molar-refractivity contribution is -0.122. The van der Waals surface area contributed by atoms with Crippen molar-refractivity contribution in [3.63, 3.8) is 0 Å². The van der Waals surface area contributed by atoms with E-state index in [2.05, 4.69) is 30.0 Å². The van der Waals surface area contributed by atoms with Gasteiger partial charge >= 0.3 is 0 Å². The van der Waals surface area contributed by atoms with Crippen molar-refractivity contribution in [2.75, 3.05) is 31.7 Å². The Balaban J connectivity index is 1.68. The van der Waals surface area contributed by atoms with Gasteiger partial charge in [0.2, 0.25) is 0 Å². The van der Waals surface area contributed by atoms with Crippen LogP contribution in [-0.2, 0) is 16.1 Å². The second kappa shape index (κ2) is 9.36. The Morgan fingerprint density at radius 3 is 2.44 bits per heavy atom. The fraction of sp³-hybridized carbons (Fsp3) is 0.409. The second-order valence-electron chi connectivity index (χ2n) is 7.13. The van der Waals surface area contributed by atoms with Crippen LogP contribution in [0.3, 0.4) is 0 Å². The topological polar surface area (TPSA) is 32.8 Å². The van der Waals surface area contributed by atoms with Crippen LogP contribution in [0.4, 0.5) is 5.69 Å². The van der Waals surface area contributed by atoms with Crippen LogP contribution in [0.25, 0.3) is 0 Å². The molecule has 1 aliphatic heterocycles. The van der Waals surface area contributed by atoms with Crippen LogP contribution in [0.1, 0.15) is 24.0 Å². The van der Waals surface area contributed by atoms with Crippen molar-refractivity contribution in [3.05, 3.63) is 64.7 Å². The molecular weight excluding hydrogens is 360 g/mol. The Labute approximate surface area is 166 Å². The van der Waals surface area contributed by atoms with Gasteiger partial charge in [0.05, 0.1) is 0 Å². The number of halogens is 1. The van der Waals surface area contributed by atoms with E-state index in [1.54, 1.807) is 7.11 Å². The molecule has 4 nitrogen and oxygen atoms in total. The number of hydrogen-bond donors (Lipinski definition) is 0. The summed E-state index contributed by atoms with van der Waals surface area (Å²) in [7, 11) is 1.57. The number of hydrogen-bond acceptors (Lipinski definition) is 3. The van der Waals surface area contributed by atoms with Gasteiger partial charge < -0.3 is 9.64 Å². The molecule has 0 bridgehead atoms. The number of methoxy groups -OCH3 is 1. The molecule has 1 amide bonds. The molecular formula is C22H27ClN2O2. The highest BCUT2D eigenvalue weighted by molar-refractivity contribution is 6.31. The van der Waals surface area contributed by atoms with E-state index >= 15 is 0 Å². The van der Waals surface area contributed by atoms with E-state index in [9.17, 15) is 4.79 Å². The number of nitrogens with zero attached hydrogens (tertiary/aromatic N) is 2. The Morgan fingerprint density at radius 2 is 1.81 bits per heavy atom. The first kappa shape index (κ1) is 19.9. The Hall–Kier alpha value is -1.88. The highest BCUT2D eigenvalue weighted by Gasteiger charge is 2.29. The number of aryl methyl sites for hydroxylation is 1. The monoisotopic (exact) mass is 386 g/mol. The quantitative estimate of drug-likeness (QED) is 0.742. The predicted molar refractivity (Wildman–Crippen MR) is 110 cm³/mol. The normalized spacial score (nSPS) is 15.7. The molecule has 1 fully saturated rings. The van der Waals surface area contributed by atoms with E-state index in [0.29, 0.717) is 0 Å². The molecule has 1 saturated heterocycles. The van der Waals surface area contributed by atoms with Crippen molar-refractivity contribution in [1.82, 2.24) is 4.90 Å². The zero-order valence-corrected chi connectivity index (χ0v) is 16.8. The van der Waals surface area contributed by atoms with E-state index < -0.39 is 0 Å². The molecule has 27 heavy (non-hydrogen) atoms. The van der Waals surface area contributed by atoms with Crippen LogP contribution in [0, 0.1) is 6.92 Å². The molecule has 0 N–H and O–H groups in total. The maximum Gasteiger partial charge on any atom is 0.253 e. The molecule has 1 heterocycles. The van der Waals surface area contributed by atoms with Crippen molar-refractivity contribution in [3.8, 4) is 0 Å². The smallest absolute Gasteiger partial charge is 0.253 e. The predicted octanol–water partition coefficient (Wildman–Crippen LogP) is 4.29. The molecule has 0 aromatic heterocycles. The summed E-state index contributed by atoms with van der Waals surface area (Å²) in [5.74, 6) is 0.0194. The average molecular weight is 387 g/mol. The van der Waals surface area contributed by atoms with Crippen LogP contribution in [0.15, 0.2) is 48.5 Å². The SMILES string of the molecule is COCC(=O)N(c1ccc(C)cc1)C1CCN(Cc2ccccc2Cl)CC1. The minimum Gasteiger partial charge on any atom is -0.375 e. The standard InChI is InChI=1S/C22H27ClN2O2/c1-17-7-9-19(10-8-17)25(22(26)16-27-2)20-11-13-24(14-12-20)15-18-5-3-4-6-21(18)23/h3-10,20H,11-16H2,1-2H3. The number of likely N-dealkylation sites (tertiary alicyclic amines) is 1. The number of rotatable bonds is 6. The van der Waals surface area contributed by atoms with Crippen LogP contribution >= 0.6 is 11.6 Å². The molecule has 3 rings (SSSR count). The Bertz CT molecular complexity index is 755. The van der Waals surface area contributed by atoms with Crippen LogP contribution in [0.5, 0.6) is 0 Å². The lowest BCUT2D eigenvalue weighted by Gasteiger charge is -2.38. The molecule has 0 unspecified atom stereocenters. The van der Waals surface area contributed by atoms with Gasteiger partial charge in [-0.15, -0.1) is 0 Å². The van der Waals surface area contributed by atoms with Crippen molar-refractivity contribution in [1.29, 1.82) is 0 Å². The van der Waals surface area contributed by atoms with Crippen molar-refractivity contribution >= 4 is 23.2 Å². The zero-order chi connectivity index (χ0) is 19.2. The van der Waals surface area contributed by atoms with Gasteiger partial charge in [-0.3, -0.25) is 9.69 Å². The van der Waals surface area contributed by atoms with E-state index in [1.807, 2.05) is 35.2 Å². The lowest BCUT2D eigenvalue weighted by Crippen LogP contribution is -2.48. The number of piperidine rings is 1. The number of amides is 1. The summed E-state index contributed by atoms with van der Waals surface area (Å²) in [4.78, 5) is 17.0. The molecule has 2 aromatic carbocycles. The highest BCUT2D eigenvalue weighted by atomic mass is 35.5. The van der Waals surface area contributed by atoms with Gasteiger partial charge in [0.25, 0.3) is 5.91 Å². The zero-order valence-electron chi connectivity index (χ0n) is 16.0. The summed E-state index contributed by atoms with van der Waals surface area (Å²) in [5, 5.41) is 0.816. The molecule has 0 atom stereocenters. The van der Waals surface area contributed by atoms with Gasteiger partial charge in [-0.1, -0.05) is 47.5 Å². The maximum absolute atomic E-state index is 12.7. The first-order valence-corrected chi connectivity index (χ1v) is 9.79. The Morgan fingerprint density at radius 1 is 1.15 bits per heavy atom. The van der Waals surface area contributed by atoms with Crippen molar-refractivity contribution < 1.29 is 9.53 Å². The summed E-state index contributed by atoms with van der Waals surface area (Å²) in [6, 6.07) is 16.3. The fourth-order valence-electron chi connectivity index (χ4n) is 3.66. The lowest BCUT2D eigenvalue weighted by atomic mass is 10.0. The summed E-state index contributed by atoms with van der Waals surface area (Å²) in [6.45, 7) is 4.89. The third-order valence-corrected chi connectivity index (χ3v) is 5.49. The van der Waals surface area contributed by atoms with Gasteiger partial charge in [0.1, 0.15) is 6.61 Å².